The number of carbonyl (C=O) groups excluding carboxylic acids is 2. The van der Waals surface area contributed by atoms with E-state index >= 15 is 0 Å². The second-order valence-corrected chi connectivity index (χ2v) is 7.45. The zero-order valence-corrected chi connectivity index (χ0v) is 16.7. The first kappa shape index (κ1) is 19.8. The van der Waals surface area contributed by atoms with Crippen molar-refractivity contribution < 1.29 is 14.0 Å². The predicted octanol–water partition coefficient (Wildman–Crippen LogP) is 3.81. The second kappa shape index (κ2) is 8.49. The Kier molecular flexibility index (Phi) is 5.61. The van der Waals surface area contributed by atoms with Crippen molar-refractivity contribution in [1.82, 2.24) is 14.7 Å². The van der Waals surface area contributed by atoms with Gasteiger partial charge in [-0.1, -0.05) is 30.3 Å². The van der Waals surface area contributed by atoms with E-state index in [1.54, 1.807) is 30.0 Å². The average molecular weight is 406 g/mol. The Morgan fingerprint density at radius 3 is 2.60 bits per heavy atom. The molecule has 1 fully saturated rings. The number of piperidine rings is 1. The molecule has 2 aromatic carbocycles. The van der Waals surface area contributed by atoms with Gasteiger partial charge in [-0.2, -0.15) is 5.10 Å². The summed E-state index contributed by atoms with van der Waals surface area (Å²) in [6, 6.07) is 15.6. The molecule has 6 nitrogen and oxygen atoms in total. The van der Waals surface area contributed by atoms with Gasteiger partial charge in [0.05, 0.1) is 23.4 Å². The van der Waals surface area contributed by atoms with Crippen LogP contribution in [0.25, 0.3) is 5.69 Å². The van der Waals surface area contributed by atoms with Crippen molar-refractivity contribution in [2.45, 2.75) is 19.8 Å². The monoisotopic (exact) mass is 406 g/mol. The lowest BCUT2D eigenvalue weighted by Crippen LogP contribution is -2.43. The van der Waals surface area contributed by atoms with Crippen molar-refractivity contribution >= 4 is 17.5 Å². The first-order chi connectivity index (χ1) is 14.5. The Balaban J connectivity index is 1.49. The van der Waals surface area contributed by atoms with Crippen LogP contribution in [0.4, 0.5) is 10.1 Å². The van der Waals surface area contributed by atoms with Crippen LogP contribution < -0.4 is 5.32 Å². The molecule has 0 bridgehead atoms. The largest absolute Gasteiger partial charge is 0.338 e. The van der Waals surface area contributed by atoms with Crippen LogP contribution in [0.1, 0.15) is 28.9 Å². The van der Waals surface area contributed by atoms with Crippen LogP contribution in [0.15, 0.2) is 60.8 Å². The number of hydrogen-bond donors (Lipinski definition) is 1. The average Bonchev–Trinajstić information content (AvgIpc) is 3.15. The molecule has 1 aromatic heterocycles. The van der Waals surface area contributed by atoms with Crippen LogP contribution in [0.3, 0.4) is 0 Å². The summed E-state index contributed by atoms with van der Waals surface area (Å²) in [5.74, 6) is -0.951. The minimum absolute atomic E-state index is 0.0857. The molecule has 4 rings (SSSR count). The van der Waals surface area contributed by atoms with E-state index in [4.69, 9.17) is 0 Å². The molecule has 1 N–H and O–H groups in total. The number of para-hydroxylation sites is 2. The quantitative estimate of drug-likeness (QED) is 0.716. The maximum Gasteiger partial charge on any atom is 0.257 e. The Bertz CT molecular complexity index is 1060. The first-order valence-corrected chi connectivity index (χ1v) is 9.99. The third-order valence-corrected chi connectivity index (χ3v) is 5.44. The number of hydrogen-bond acceptors (Lipinski definition) is 3. The fourth-order valence-electron chi connectivity index (χ4n) is 3.80. The van der Waals surface area contributed by atoms with Gasteiger partial charge in [0.15, 0.2) is 0 Å². The molecule has 30 heavy (non-hydrogen) atoms. The van der Waals surface area contributed by atoms with Crippen molar-refractivity contribution in [3.8, 4) is 5.69 Å². The molecule has 154 valence electrons. The van der Waals surface area contributed by atoms with Gasteiger partial charge in [0, 0.05) is 18.8 Å². The highest BCUT2D eigenvalue weighted by Gasteiger charge is 2.30. The van der Waals surface area contributed by atoms with E-state index in [0.717, 1.165) is 18.5 Å². The Morgan fingerprint density at radius 2 is 1.83 bits per heavy atom. The number of halogens is 1. The van der Waals surface area contributed by atoms with E-state index in [1.807, 2.05) is 30.3 Å². The van der Waals surface area contributed by atoms with Crippen molar-refractivity contribution in [3.63, 3.8) is 0 Å². The molecule has 3 aromatic rings. The molecule has 7 heteroatoms. The highest BCUT2D eigenvalue weighted by atomic mass is 19.1. The molecule has 1 aliphatic heterocycles. The van der Waals surface area contributed by atoms with Crippen molar-refractivity contribution in [2.75, 3.05) is 18.4 Å². The number of aromatic nitrogens is 2. The summed E-state index contributed by atoms with van der Waals surface area (Å²) in [5.41, 5.74) is 2.03. The fraction of sp³-hybridized carbons (Fsp3) is 0.261. The highest BCUT2D eigenvalue weighted by Crippen LogP contribution is 2.23. The standard InChI is InChI=1S/C23H23FN4O2/c1-16-19(14-25-28(16)21-12-6-5-11-20(21)24)23(30)27-13-7-8-17(15-27)22(29)26-18-9-3-2-4-10-18/h2-6,9-12,14,17H,7-8,13,15H2,1H3,(H,26,29). The number of benzene rings is 2. The van der Waals surface area contributed by atoms with Gasteiger partial charge in [0.1, 0.15) is 11.5 Å². The fourth-order valence-corrected chi connectivity index (χ4v) is 3.80. The van der Waals surface area contributed by atoms with Gasteiger partial charge < -0.3 is 10.2 Å². The van der Waals surface area contributed by atoms with Crippen molar-refractivity contribution in [2.24, 2.45) is 5.92 Å². The number of anilines is 1. The van der Waals surface area contributed by atoms with Crippen LogP contribution in [0.2, 0.25) is 0 Å². The van der Waals surface area contributed by atoms with E-state index in [0.29, 0.717) is 30.0 Å². The lowest BCUT2D eigenvalue weighted by Gasteiger charge is -2.32. The highest BCUT2D eigenvalue weighted by molar-refractivity contribution is 5.97. The van der Waals surface area contributed by atoms with E-state index in [2.05, 4.69) is 10.4 Å². The van der Waals surface area contributed by atoms with Crippen LogP contribution in [-0.2, 0) is 4.79 Å². The zero-order valence-electron chi connectivity index (χ0n) is 16.7. The molecule has 0 spiro atoms. The lowest BCUT2D eigenvalue weighted by atomic mass is 9.96. The van der Waals surface area contributed by atoms with E-state index in [-0.39, 0.29) is 17.7 Å². The molecule has 2 heterocycles. The number of likely N-dealkylation sites (tertiary alicyclic amines) is 1. The minimum Gasteiger partial charge on any atom is -0.338 e. The number of rotatable bonds is 4. The number of nitrogens with zero attached hydrogens (tertiary/aromatic N) is 3. The smallest absolute Gasteiger partial charge is 0.257 e. The summed E-state index contributed by atoms with van der Waals surface area (Å²) in [7, 11) is 0. The summed E-state index contributed by atoms with van der Waals surface area (Å²) in [6.07, 6.45) is 2.95. The number of amides is 2. The molecular formula is C23H23FN4O2. The molecular weight excluding hydrogens is 383 g/mol. The van der Waals surface area contributed by atoms with Crippen molar-refractivity contribution in [1.29, 1.82) is 0 Å². The van der Waals surface area contributed by atoms with Gasteiger partial charge in [-0.3, -0.25) is 9.59 Å². The van der Waals surface area contributed by atoms with Crippen LogP contribution in [-0.4, -0.2) is 39.6 Å². The molecule has 1 aliphatic rings. The van der Waals surface area contributed by atoms with E-state index in [9.17, 15) is 14.0 Å². The molecule has 0 radical (unpaired) electrons. The maximum atomic E-state index is 14.1. The molecule has 0 aliphatic carbocycles. The normalized spacial score (nSPS) is 16.3. The van der Waals surface area contributed by atoms with Gasteiger partial charge in [0.25, 0.3) is 5.91 Å². The molecule has 0 saturated carbocycles. The first-order valence-electron chi connectivity index (χ1n) is 9.99. The predicted molar refractivity (Wildman–Crippen MR) is 112 cm³/mol. The topological polar surface area (TPSA) is 67.2 Å². The van der Waals surface area contributed by atoms with Crippen LogP contribution in [0, 0.1) is 18.7 Å². The van der Waals surface area contributed by atoms with Gasteiger partial charge >= 0.3 is 0 Å². The maximum absolute atomic E-state index is 14.1. The molecule has 1 saturated heterocycles. The number of carbonyl (C=O) groups is 2. The summed E-state index contributed by atoms with van der Waals surface area (Å²) in [6.45, 7) is 2.68. The Morgan fingerprint density at radius 1 is 1.10 bits per heavy atom. The number of nitrogens with one attached hydrogen (secondary N) is 1. The van der Waals surface area contributed by atoms with E-state index < -0.39 is 5.82 Å². The third-order valence-electron chi connectivity index (χ3n) is 5.44. The van der Waals surface area contributed by atoms with Gasteiger partial charge in [-0.25, -0.2) is 9.07 Å². The SMILES string of the molecule is Cc1c(C(=O)N2CCCC(C(=O)Nc3ccccc3)C2)cnn1-c1ccccc1F. The zero-order chi connectivity index (χ0) is 21.1. The second-order valence-electron chi connectivity index (χ2n) is 7.45. The summed E-state index contributed by atoms with van der Waals surface area (Å²) < 4.78 is 15.6. The van der Waals surface area contributed by atoms with Gasteiger partial charge in [0.2, 0.25) is 5.91 Å². The third kappa shape index (κ3) is 3.96. The Hall–Kier alpha value is -3.48. The molecule has 1 atom stereocenters. The molecule has 1 unspecified atom stereocenters. The summed E-state index contributed by atoms with van der Waals surface area (Å²) in [4.78, 5) is 27.5. The van der Waals surface area contributed by atoms with Gasteiger partial charge in [-0.15, -0.1) is 0 Å². The Labute approximate surface area is 174 Å². The van der Waals surface area contributed by atoms with Crippen LogP contribution in [0.5, 0.6) is 0 Å². The summed E-state index contributed by atoms with van der Waals surface area (Å²) >= 11 is 0. The lowest BCUT2D eigenvalue weighted by molar-refractivity contribution is -0.121. The van der Waals surface area contributed by atoms with E-state index in [1.165, 1.54) is 16.9 Å². The minimum atomic E-state index is -0.404. The molecule has 2 amide bonds. The van der Waals surface area contributed by atoms with Gasteiger partial charge in [-0.05, 0) is 44.0 Å². The van der Waals surface area contributed by atoms with Crippen LogP contribution >= 0.6 is 0 Å². The van der Waals surface area contributed by atoms with Crippen molar-refractivity contribution in [3.05, 3.63) is 77.9 Å². The summed E-state index contributed by atoms with van der Waals surface area (Å²) in [5, 5.41) is 7.14.